The van der Waals surface area contributed by atoms with Crippen molar-refractivity contribution in [2.75, 3.05) is 25.4 Å². The maximum absolute atomic E-state index is 12.5. The van der Waals surface area contributed by atoms with Gasteiger partial charge in [0.25, 0.3) is 0 Å². The van der Waals surface area contributed by atoms with Crippen LogP contribution in [-0.4, -0.2) is 46.0 Å². The van der Waals surface area contributed by atoms with E-state index in [0.29, 0.717) is 30.1 Å². The summed E-state index contributed by atoms with van der Waals surface area (Å²) in [6.07, 6.45) is -0.393. The van der Waals surface area contributed by atoms with Gasteiger partial charge in [-0.3, -0.25) is 4.99 Å². The lowest BCUT2D eigenvalue weighted by molar-refractivity contribution is 0.101. The number of nitrogens with two attached hydrogens (primary N) is 1. The van der Waals surface area contributed by atoms with Gasteiger partial charge in [-0.15, -0.1) is 0 Å². The highest BCUT2D eigenvalue weighted by Gasteiger charge is 2.26. The van der Waals surface area contributed by atoms with Crippen LogP contribution in [0.2, 0.25) is 0 Å². The standard InChI is InChI=1S/C21H22N4O3/c1-24-18-8-7-15(22)11-16(18)19(20(24)26)17-12-25(10-9-23-17)21(27)28-13-14-5-3-2-4-6-14/h2-8,11,26H,9-10,12-13,22H2,1H3. The number of fused-ring (bicyclic) bond motifs is 1. The lowest BCUT2D eigenvalue weighted by Crippen LogP contribution is -2.41. The third kappa shape index (κ3) is 3.26. The minimum atomic E-state index is -0.393. The van der Waals surface area contributed by atoms with Gasteiger partial charge in [0.2, 0.25) is 5.88 Å². The fraction of sp³-hybridized carbons (Fsp3) is 0.238. The molecule has 0 saturated carbocycles. The predicted octanol–water partition coefficient (Wildman–Crippen LogP) is 2.91. The number of carbonyl (C=O) groups excluding carboxylic acids is 1. The van der Waals surface area contributed by atoms with E-state index in [1.165, 1.54) is 0 Å². The number of aromatic hydroxyl groups is 1. The topological polar surface area (TPSA) is 93.1 Å². The normalized spacial score (nSPS) is 14.2. The van der Waals surface area contributed by atoms with Crippen molar-refractivity contribution in [1.82, 2.24) is 9.47 Å². The predicted molar refractivity (Wildman–Crippen MR) is 109 cm³/mol. The summed E-state index contributed by atoms with van der Waals surface area (Å²) in [5.41, 5.74) is 9.60. The minimum absolute atomic E-state index is 0.110. The van der Waals surface area contributed by atoms with Gasteiger partial charge < -0.3 is 25.0 Å². The Labute approximate surface area is 162 Å². The lowest BCUT2D eigenvalue weighted by Gasteiger charge is -2.26. The van der Waals surface area contributed by atoms with Crippen LogP contribution in [0.4, 0.5) is 10.5 Å². The Kier molecular flexibility index (Phi) is 4.65. The lowest BCUT2D eigenvalue weighted by atomic mass is 10.1. The van der Waals surface area contributed by atoms with Gasteiger partial charge >= 0.3 is 6.09 Å². The first-order valence-corrected chi connectivity index (χ1v) is 9.11. The Bertz CT molecular complexity index is 1060. The second-order valence-corrected chi connectivity index (χ2v) is 6.82. The van der Waals surface area contributed by atoms with Gasteiger partial charge in [0.15, 0.2) is 0 Å². The highest BCUT2D eigenvalue weighted by Crippen LogP contribution is 2.33. The second kappa shape index (κ2) is 7.26. The molecule has 2 aromatic carbocycles. The molecule has 0 unspecified atom stereocenters. The van der Waals surface area contributed by atoms with Gasteiger partial charge in [-0.25, -0.2) is 4.79 Å². The molecule has 0 fully saturated rings. The first kappa shape index (κ1) is 17.9. The number of amides is 1. The van der Waals surface area contributed by atoms with E-state index in [4.69, 9.17) is 10.5 Å². The fourth-order valence-corrected chi connectivity index (χ4v) is 3.47. The summed E-state index contributed by atoms with van der Waals surface area (Å²) in [4.78, 5) is 18.7. The smallest absolute Gasteiger partial charge is 0.410 e. The van der Waals surface area contributed by atoms with E-state index in [2.05, 4.69) is 4.99 Å². The van der Waals surface area contributed by atoms with Gasteiger partial charge in [-0.2, -0.15) is 0 Å². The molecule has 1 aliphatic heterocycles. The van der Waals surface area contributed by atoms with Crippen molar-refractivity contribution in [2.45, 2.75) is 6.61 Å². The zero-order valence-electron chi connectivity index (χ0n) is 15.6. The molecule has 0 radical (unpaired) electrons. The molecular weight excluding hydrogens is 356 g/mol. The second-order valence-electron chi connectivity index (χ2n) is 6.82. The third-order valence-corrected chi connectivity index (χ3v) is 4.96. The van der Waals surface area contributed by atoms with Crippen LogP contribution in [0.15, 0.2) is 53.5 Å². The Morgan fingerprint density at radius 2 is 2.04 bits per heavy atom. The number of anilines is 1. The van der Waals surface area contributed by atoms with Crippen molar-refractivity contribution in [1.29, 1.82) is 0 Å². The Balaban J connectivity index is 1.55. The maximum Gasteiger partial charge on any atom is 0.410 e. The summed E-state index contributed by atoms with van der Waals surface area (Å²) < 4.78 is 7.13. The number of nitrogens with zero attached hydrogens (tertiary/aromatic N) is 3. The molecule has 1 aliphatic rings. The Morgan fingerprint density at radius 1 is 1.25 bits per heavy atom. The van der Waals surface area contributed by atoms with Crippen LogP contribution in [0.1, 0.15) is 11.1 Å². The fourth-order valence-electron chi connectivity index (χ4n) is 3.47. The number of aryl methyl sites for hydroxylation is 1. The van der Waals surface area contributed by atoms with Crippen LogP contribution < -0.4 is 5.73 Å². The number of hydrogen-bond acceptors (Lipinski definition) is 5. The molecule has 0 saturated heterocycles. The summed E-state index contributed by atoms with van der Waals surface area (Å²) in [6, 6.07) is 15.0. The van der Waals surface area contributed by atoms with Crippen molar-refractivity contribution in [2.24, 2.45) is 12.0 Å². The van der Waals surface area contributed by atoms with Gasteiger partial charge in [0, 0.05) is 24.7 Å². The average molecular weight is 378 g/mol. The highest BCUT2D eigenvalue weighted by atomic mass is 16.6. The summed E-state index contributed by atoms with van der Waals surface area (Å²) in [7, 11) is 1.78. The molecule has 28 heavy (non-hydrogen) atoms. The summed E-state index contributed by atoms with van der Waals surface area (Å²) >= 11 is 0. The number of nitrogen functional groups attached to an aromatic ring is 1. The monoisotopic (exact) mass is 378 g/mol. The van der Waals surface area contributed by atoms with E-state index in [9.17, 15) is 9.90 Å². The summed E-state index contributed by atoms with van der Waals surface area (Å²) in [5, 5.41) is 11.5. The van der Waals surface area contributed by atoms with E-state index >= 15 is 0 Å². The van der Waals surface area contributed by atoms with E-state index in [-0.39, 0.29) is 19.0 Å². The number of aliphatic imine (C=N–C) groups is 1. The molecule has 1 amide bonds. The van der Waals surface area contributed by atoms with Gasteiger partial charge in [0.05, 0.1) is 29.9 Å². The summed E-state index contributed by atoms with van der Waals surface area (Å²) in [6.45, 7) is 1.42. The maximum atomic E-state index is 12.5. The van der Waals surface area contributed by atoms with Crippen molar-refractivity contribution in [3.05, 3.63) is 59.7 Å². The van der Waals surface area contributed by atoms with Gasteiger partial charge in [-0.1, -0.05) is 30.3 Å². The molecule has 2 heterocycles. The zero-order chi connectivity index (χ0) is 19.7. The molecule has 7 heteroatoms. The third-order valence-electron chi connectivity index (χ3n) is 4.96. The van der Waals surface area contributed by atoms with E-state index in [0.717, 1.165) is 16.5 Å². The molecule has 0 atom stereocenters. The molecule has 7 nitrogen and oxygen atoms in total. The molecule has 0 spiro atoms. The number of aromatic nitrogens is 1. The molecular formula is C21H22N4O3. The molecule has 3 aromatic rings. The van der Waals surface area contributed by atoms with Crippen molar-refractivity contribution >= 4 is 28.4 Å². The van der Waals surface area contributed by atoms with Crippen molar-refractivity contribution in [3.8, 4) is 5.88 Å². The first-order chi connectivity index (χ1) is 13.5. The molecule has 3 N–H and O–H groups in total. The average Bonchev–Trinajstić information content (AvgIpc) is 2.96. The van der Waals surface area contributed by atoms with Crippen LogP contribution in [-0.2, 0) is 18.4 Å². The van der Waals surface area contributed by atoms with E-state index < -0.39 is 6.09 Å². The quantitative estimate of drug-likeness (QED) is 0.686. The largest absolute Gasteiger partial charge is 0.494 e. The van der Waals surface area contributed by atoms with Crippen LogP contribution in [0.5, 0.6) is 5.88 Å². The molecule has 1 aromatic heterocycles. The van der Waals surface area contributed by atoms with Gasteiger partial charge in [0.1, 0.15) is 6.61 Å². The molecule has 144 valence electrons. The first-order valence-electron chi connectivity index (χ1n) is 9.11. The number of ether oxygens (including phenoxy) is 1. The number of rotatable bonds is 3. The summed E-state index contributed by atoms with van der Waals surface area (Å²) in [5.74, 6) is 0.110. The van der Waals surface area contributed by atoms with Crippen LogP contribution >= 0.6 is 0 Å². The van der Waals surface area contributed by atoms with E-state index in [1.54, 1.807) is 22.6 Å². The SMILES string of the molecule is Cn1c(O)c(C2=NCCN(C(=O)OCc3ccccc3)C2)c2cc(N)ccc21. The van der Waals surface area contributed by atoms with E-state index in [1.807, 2.05) is 42.5 Å². The number of carbonyl (C=O) groups is 1. The minimum Gasteiger partial charge on any atom is -0.494 e. The number of hydrogen-bond donors (Lipinski definition) is 2. The zero-order valence-corrected chi connectivity index (χ0v) is 15.6. The van der Waals surface area contributed by atoms with Gasteiger partial charge in [-0.05, 0) is 23.8 Å². The van der Waals surface area contributed by atoms with Crippen LogP contribution in [0.3, 0.4) is 0 Å². The molecule has 0 bridgehead atoms. The Morgan fingerprint density at radius 3 is 2.82 bits per heavy atom. The Hall–Kier alpha value is -3.48. The van der Waals surface area contributed by atoms with Crippen LogP contribution in [0, 0.1) is 0 Å². The highest BCUT2D eigenvalue weighted by molar-refractivity contribution is 6.15. The van der Waals surface area contributed by atoms with Crippen molar-refractivity contribution < 1.29 is 14.6 Å². The number of benzene rings is 2. The van der Waals surface area contributed by atoms with Crippen molar-refractivity contribution in [3.63, 3.8) is 0 Å². The van der Waals surface area contributed by atoms with Crippen LogP contribution in [0.25, 0.3) is 10.9 Å². The molecule has 4 rings (SSSR count). The molecule has 0 aliphatic carbocycles.